The van der Waals surface area contributed by atoms with Gasteiger partial charge in [0.15, 0.2) is 0 Å². The zero-order chi connectivity index (χ0) is 29.6. The summed E-state index contributed by atoms with van der Waals surface area (Å²) in [4.78, 5) is 43.7. The van der Waals surface area contributed by atoms with Crippen LogP contribution in [0.25, 0.3) is 0 Å². The minimum Gasteiger partial charge on any atom is -0.352 e. The Hall–Kier alpha value is -3.60. The van der Waals surface area contributed by atoms with Crippen molar-refractivity contribution in [2.75, 3.05) is 6.54 Å². The Morgan fingerprint density at radius 2 is 1.74 bits per heavy atom. The number of rotatable bonds is 9. The van der Waals surface area contributed by atoms with Crippen LogP contribution in [-0.2, 0) is 17.9 Å². The molecule has 5 rings (SSSR count). The number of aryl methyl sites for hydroxylation is 1. The number of carbonyl (C=O) groups excluding carboxylic acids is 2. The van der Waals surface area contributed by atoms with Crippen LogP contribution in [0.5, 0.6) is 0 Å². The van der Waals surface area contributed by atoms with Gasteiger partial charge in [-0.25, -0.2) is 0 Å². The number of hydrogen-bond donors (Lipinski definition) is 2. The van der Waals surface area contributed by atoms with E-state index in [0.29, 0.717) is 31.6 Å². The maximum Gasteiger partial charge on any atom is 0.269 e. The lowest BCUT2D eigenvalue weighted by Crippen LogP contribution is -2.58. The molecule has 0 radical (unpaired) electrons. The van der Waals surface area contributed by atoms with Crippen molar-refractivity contribution in [2.24, 2.45) is 5.73 Å². The number of piperidine rings is 1. The Labute approximate surface area is 250 Å². The number of benzene rings is 2. The van der Waals surface area contributed by atoms with E-state index in [-0.39, 0.29) is 35.6 Å². The molecule has 2 amide bonds. The molecule has 1 saturated carbocycles. The van der Waals surface area contributed by atoms with E-state index < -0.39 is 11.0 Å². The summed E-state index contributed by atoms with van der Waals surface area (Å²) >= 11 is 1.68. The summed E-state index contributed by atoms with van der Waals surface area (Å²) in [5.74, 6) is -0.230. The molecule has 2 aliphatic rings. The number of nitrogens with one attached hydrogen (secondary N) is 1. The fraction of sp³-hybridized carbons (Fsp3) is 0.438. The largest absolute Gasteiger partial charge is 0.352 e. The summed E-state index contributed by atoms with van der Waals surface area (Å²) in [7, 11) is 0. The Bertz CT molecular complexity index is 1350. The predicted molar refractivity (Wildman–Crippen MR) is 164 cm³/mol. The summed E-state index contributed by atoms with van der Waals surface area (Å²) in [5.41, 5.74) is 8.79. The average molecular weight is 590 g/mol. The minimum absolute atomic E-state index is 0.0416. The van der Waals surface area contributed by atoms with Crippen LogP contribution in [0, 0.1) is 17.0 Å². The highest BCUT2D eigenvalue weighted by molar-refractivity contribution is 7.09. The van der Waals surface area contributed by atoms with Crippen molar-refractivity contribution in [2.45, 2.75) is 82.7 Å². The standard InChI is InChI=1S/C32H39N5O4S/c1-22-4-8-24(9-5-22)32(39)36-17-16-28(19-30(36)31(38)34-26-12-10-25(33)11-13-26)35(21-29-3-2-18-42-29)20-23-6-14-27(15-7-23)37(40)41/h2-9,14-15,18,25-26,28,30H,10-13,16-17,19-21,33H2,1H3,(H,34,38)/t25?,26?,28?,30-/m1/s1. The normalized spacial score (nSPS) is 22.6. The fourth-order valence-corrected chi connectivity index (χ4v) is 6.80. The molecule has 1 unspecified atom stereocenters. The van der Waals surface area contributed by atoms with Crippen LogP contribution >= 0.6 is 11.3 Å². The Balaban J connectivity index is 1.38. The van der Waals surface area contributed by atoms with Crippen molar-refractivity contribution < 1.29 is 14.5 Å². The van der Waals surface area contributed by atoms with Crippen LogP contribution < -0.4 is 11.1 Å². The maximum absolute atomic E-state index is 13.9. The number of nitro benzene ring substituents is 1. The van der Waals surface area contributed by atoms with Gasteiger partial charge < -0.3 is 16.0 Å². The number of nitro groups is 1. The molecule has 9 nitrogen and oxygen atoms in total. The van der Waals surface area contributed by atoms with E-state index in [0.717, 1.165) is 43.2 Å². The summed E-state index contributed by atoms with van der Waals surface area (Å²) in [6.45, 7) is 3.73. The lowest BCUT2D eigenvalue weighted by molar-refractivity contribution is -0.384. The van der Waals surface area contributed by atoms with Crippen LogP contribution in [0.15, 0.2) is 66.0 Å². The van der Waals surface area contributed by atoms with Gasteiger partial charge >= 0.3 is 0 Å². The average Bonchev–Trinajstić information content (AvgIpc) is 3.51. The topological polar surface area (TPSA) is 122 Å². The number of likely N-dealkylation sites (tertiary alicyclic amines) is 1. The van der Waals surface area contributed by atoms with Crippen molar-refractivity contribution in [3.8, 4) is 0 Å². The van der Waals surface area contributed by atoms with E-state index in [1.807, 2.05) is 37.3 Å². The quantitative estimate of drug-likeness (QED) is 0.267. The third-order valence-corrected chi connectivity index (χ3v) is 9.40. The number of nitrogens with zero attached hydrogens (tertiary/aromatic N) is 3. The Kier molecular flexibility index (Phi) is 9.66. The molecule has 2 heterocycles. The molecular weight excluding hydrogens is 550 g/mol. The summed E-state index contributed by atoms with van der Waals surface area (Å²) < 4.78 is 0. The third kappa shape index (κ3) is 7.42. The molecule has 2 fully saturated rings. The zero-order valence-corrected chi connectivity index (χ0v) is 24.8. The first-order valence-electron chi connectivity index (χ1n) is 14.7. The Morgan fingerprint density at radius 1 is 1.02 bits per heavy atom. The van der Waals surface area contributed by atoms with Gasteiger partial charge in [-0.3, -0.25) is 24.6 Å². The van der Waals surface area contributed by atoms with Crippen molar-refractivity contribution in [1.29, 1.82) is 0 Å². The first-order valence-corrected chi connectivity index (χ1v) is 15.6. The second-order valence-corrected chi connectivity index (χ2v) is 12.6. The number of nitrogens with two attached hydrogens (primary N) is 1. The minimum atomic E-state index is -0.601. The number of non-ortho nitro benzene ring substituents is 1. The van der Waals surface area contributed by atoms with Gasteiger partial charge in [-0.15, -0.1) is 11.3 Å². The zero-order valence-electron chi connectivity index (χ0n) is 24.0. The highest BCUT2D eigenvalue weighted by Crippen LogP contribution is 2.29. The fourth-order valence-electron chi connectivity index (χ4n) is 6.07. The van der Waals surface area contributed by atoms with Gasteiger partial charge in [0.05, 0.1) is 4.92 Å². The van der Waals surface area contributed by atoms with Crippen LogP contribution in [0.2, 0.25) is 0 Å². The Morgan fingerprint density at radius 3 is 2.38 bits per heavy atom. The van der Waals surface area contributed by atoms with Crippen molar-refractivity contribution in [1.82, 2.24) is 15.1 Å². The van der Waals surface area contributed by atoms with Gasteiger partial charge in [0.1, 0.15) is 6.04 Å². The first kappa shape index (κ1) is 29.9. The highest BCUT2D eigenvalue weighted by atomic mass is 32.1. The van der Waals surface area contributed by atoms with Crippen LogP contribution in [0.1, 0.15) is 64.9 Å². The van der Waals surface area contributed by atoms with Gasteiger partial charge in [0.25, 0.3) is 11.6 Å². The molecule has 10 heteroatoms. The van der Waals surface area contributed by atoms with E-state index in [9.17, 15) is 19.7 Å². The second kappa shape index (κ2) is 13.6. The van der Waals surface area contributed by atoms with E-state index >= 15 is 0 Å². The summed E-state index contributed by atoms with van der Waals surface area (Å²) in [5, 5.41) is 16.5. The van der Waals surface area contributed by atoms with Gasteiger partial charge in [-0.05, 0) is 74.6 Å². The summed E-state index contributed by atoms with van der Waals surface area (Å²) in [6.07, 6.45) is 4.69. The molecular formula is C32H39N5O4S. The molecule has 3 aromatic rings. The van der Waals surface area contributed by atoms with Gasteiger partial charge in [-0.1, -0.05) is 35.9 Å². The second-order valence-electron chi connectivity index (χ2n) is 11.6. The third-order valence-electron chi connectivity index (χ3n) is 8.54. The van der Waals surface area contributed by atoms with Gasteiger partial charge in [0, 0.05) is 60.3 Å². The number of hydrogen-bond acceptors (Lipinski definition) is 7. The van der Waals surface area contributed by atoms with E-state index in [1.54, 1.807) is 28.4 Å². The molecule has 1 saturated heterocycles. The predicted octanol–water partition coefficient (Wildman–Crippen LogP) is 5.03. The first-order chi connectivity index (χ1) is 20.3. The van der Waals surface area contributed by atoms with E-state index in [4.69, 9.17) is 5.73 Å². The molecule has 222 valence electrons. The number of carbonyl (C=O) groups is 2. The van der Waals surface area contributed by atoms with Crippen LogP contribution in [0.3, 0.4) is 0 Å². The highest BCUT2D eigenvalue weighted by Gasteiger charge is 2.39. The molecule has 1 aliphatic carbocycles. The van der Waals surface area contributed by atoms with E-state index in [2.05, 4.69) is 21.7 Å². The molecule has 1 aliphatic heterocycles. The molecule has 2 atom stereocenters. The lowest BCUT2D eigenvalue weighted by Gasteiger charge is -2.43. The van der Waals surface area contributed by atoms with Gasteiger partial charge in [-0.2, -0.15) is 0 Å². The smallest absolute Gasteiger partial charge is 0.269 e. The SMILES string of the molecule is Cc1ccc(C(=O)N2CCC(N(Cc3ccc([N+](=O)[O-])cc3)Cc3cccs3)C[C@@H]2C(=O)NC2CCC(N)CC2)cc1. The van der Waals surface area contributed by atoms with Crippen molar-refractivity contribution >= 4 is 28.8 Å². The molecule has 2 aromatic carbocycles. The van der Waals surface area contributed by atoms with Gasteiger partial charge in [0.2, 0.25) is 5.91 Å². The molecule has 42 heavy (non-hydrogen) atoms. The van der Waals surface area contributed by atoms with Crippen LogP contribution in [0.4, 0.5) is 5.69 Å². The number of thiophene rings is 1. The monoisotopic (exact) mass is 589 g/mol. The van der Waals surface area contributed by atoms with Crippen LogP contribution in [-0.4, -0.2) is 57.2 Å². The molecule has 1 aromatic heterocycles. The maximum atomic E-state index is 13.9. The van der Waals surface area contributed by atoms with Crippen molar-refractivity contribution in [3.05, 3.63) is 97.7 Å². The molecule has 0 bridgehead atoms. The molecule has 3 N–H and O–H groups in total. The number of amides is 2. The van der Waals surface area contributed by atoms with Crippen molar-refractivity contribution in [3.63, 3.8) is 0 Å². The molecule has 0 spiro atoms. The summed E-state index contributed by atoms with van der Waals surface area (Å²) in [6, 6.07) is 18.0. The van der Waals surface area contributed by atoms with E-state index in [1.165, 1.54) is 17.0 Å². The lowest BCUT2D eigenvalue weighted by atomic mass is 9.90.